The normalized spacial score (nSPS) is 19.6. The number of piperidine rings is 1. The Balaban J connectivity index is 1.26. The van der Waals surface area contributed by atoms with Gasteiger partial charge in [-0.1, -0.05) is 54.6 Å². The number of aromatic hydroxyl groups is 1. The van der Waals surface area contributed by atoms with E-state index in [1.165, 1.54) is 0 Å². The van der Waals surface area contributed by atoms with Gasteiger partial charge in [0.25, 0.3) is 11.5 Å². The van der Waals surface area contributed by atoms with Crippen LogP contribution in [-0.4, -0.2) is 38.1 Å². The van der Waals surface area contributed by atoms with Crippen molar-refractivity contribution in [3.8, 4) is 5.88 Å². The van der Waals surface area contributed by atoms with Gasteiger partial charge in [0.1, 0.15) is 0 Å². The maximum absolute atomic E-state index is 12.4. The van der Waals surface area contributed by atoms with Crippen LogP contribution in [0.5, 0.6) is 5.88 Å². The molecule has 6 rings (SSSR count). The number of fused-ring (bicyclic) bond motifs is 5. The molecule has 36 heavy (non-hydrogen) atoms. The number of benzene rings is 2. The fourth-order valence-electron chi connectivity index (χ4n) is 5.74. The molecule has 4 aromatic rings. The second-order valence-electron chi connectivity index (χ2n) is 9.75. The van der Waals surface area contributed by atoms with E-state index in [-0.39, 0.29) is 29.7 Å². The predicted octanol–water partition coefficient (Wildman–Crippen LogP) is 4.44. The van der Waals surface area contributed by atoms with E-state index in [1.807, 2.05) is 69.8 Å². The lowest BCUT2D eigenvalue weighted by Gasteiger charge is -2.42. The minimum Gasteiger partial charge on any atom is -0.493 e. The van der Waals surface area contributed by atoms with E-state index in [0.29, 0.717) is 18.3 Å². The Bertz CT molecular complexity index is 1520. The van der Waals surface area contributed by atoms with Gasteiger partial charge in [0.2, 0.25) is 5.88 Å². The molecule has 2 aliphatic heterocycles. The summed E-state index contributed by atoms with van der Waals surface area (Å²) in [5.74, 6) is 0.301. The van der Waals surface area contributed by atoms with Crippen LogP contribution >= 0.6 is 0 Å². The largest absolute Gasteiger partial charge is 0.493 e. The molecule has 2 aromatic heterocycles. The fourth-order valence-corrected chi connectivity index (χ4v) is 5.74. The molecule has 2 aliphatic rings. The van der Waals surface area contributed by atoms with Crippen LogP contribution in [0, 0.1) is 5.92 Å². The Kier molecular flexibility index (Phi) is 5.73. The van der Waals surface area contributed by atoms with Crippen LogP contribution in [0.2, 0.25) is 0 Å². The Morgan fingerprint density at radius 2 is 1.75 bits per heavy atom. The molecule has 2 atom stereocenters. The lowest BCUT2D eigenvalue weighted by atomic mass is 9.83. The number of rotatable bonds is 5. The predicted molar refractivity (Wildman–Crippen MR) is 136 cm³/mol. The Morgan fingerprint density at radius 3 is 2.61 bits per heavy atom. The minimum absolute atomic E-state index is 0.000173. The fraction of sp³-hybridized carbons (Fsp3) is 0.286. The summed E-state index contributed by atoms with van der Waals surface area (Å²) >= 11 is 0. The third-order valence-electron chi connectivity index (χ3n) is 7.27. The number of carbonyl (C=O) groups excluding carboxylic acids is 1. The zero-order valence-corrected chi connectivity index (χ0v) is 19.8. The number of likely N-dealkylation sites (tertiary alicyclic amines) is 1. The topological polar surface area (TPSA) is 92.2 Å². The van der Waals surface area contributed by atoms with E-state index >= 15 is 0 Å². The van der Waals surface area contributed by atoms with Crippen LogP contribution in [-0.2, 0) is 24.4 Å². The van der Waals surface area contributed by atoms with Gasteiger partial charge in [0, 0.05) is 42.7 Å². The molecule has 182 valence electrons. The molecule has 8 heteroatoms. The molecule has 0 radical (unpaired) electrons. The molecule has 2 aromatic carbocycles. The van der Waals surface area contributed by atoms with Crippen LogP contribution in [0.15, 0.2) is 87.8 Å². The molecule has 2 unspecified atom stereocenters. The van der Waals surface area contributed by atoms with E-state index in [2.05, 4.69) is 21.2 Å². The van der Waals surface area contributed by atoms with Gasteiger partial charge in [0.05, 0.1) is 18.6 Å². The number of amides is 1. The maximum atomic E-state index is 12.4. The molecule has 4 heterocycles. The van der Waals surface area contributed by atoms with Gasteiger partial charge < -0.3 is 9.67 Å². The number of para-hydroxylation sites is 1. The van der Waals surface area contributed by atoms with Crippen LogP contribution in [0.1, 0.15) is 23.6 Å². The van der Waals surface area contributed by atoms with Gasteiger partial charge in [-0.3, -0.25) is 19.1 Å². The standard InChI is InChI=1S/C28H27N5O3/c34-25(14-19-7-2-1-3-8-19)29-30-27-22-9-4-5-10-24(22)33(28(27)36)18-31-15-20-13-21(17-31)23-11-6-12-26(35)32(23)16-20/h1-12,20-21,36H,13-18H2. The number of pyridine rings is 1. The monoisotopic (exact) mass is 481 g/mol. The first-order valence-corrected chi connectivity index (χ1v) is 12.3. The highest BCUT2D eigenvalue weighted by Crippen LogP contribution is 2.40. The summed E-state index contributed by atoms with van der Waals surface area (Å²) in [5, 5.41) is 20.0. The van der Waals surface area contributed by atoms with E-state index in [0.717, 1.165) is 48.2 Å². The molecule has 1 fully saturated rings. The number of hydrogen-bond donors (Lipinski definition) is 1. The third-order valence-corrected chi connectivity index (χ3v) is 7.27. The first-order valence-electron chi connectivity index (χ1n) is 12.3. The summed E-state index contributed by atoms with van der Waals surface area (Å²) in [5.41, 5.74) is 3.18. The number of carbonyl (C=O) groups is 1. The van der Waals surface area contributed by atoms with Crippen molar-refractivity contribution in [2.75, 3.05) is 13.1 Å². The van der Waals surface area contributed by atoms with Crippen molar-refractivity contribution >= 4 is 22.5 Å². The Morgan fingerprint density at radius 1 is 0.944 bits per heavy atom. The van der Waals surface area contributed by atoms with Gasteiger partial charge in [-0.25, -0.2) is 0 Å². The number of hydrogen-bond acceptors (Lipinski definition) is 5. The van der Waals surface area contributed by atoms with Gasteiger partial charge in [0.15, 0.2) is 5.69 Å². The Hall–Kier alpha value is -4.04. The second kappa shape index (κ2) is 9.20. The number of aromatic nitrogens is 2. The first-order chi connectivity index (χ1) is 17.6. The molecule has 0 aliphatic carbocycles. The SMILES string of the molecule is O=C(Cc1ccccc1)N=Nc1c(O)n(CN2CC3CC(C2)c2cccc(=O)n2C3)c2ccccc12. The smallest absolute Gasteiger partial charge is 0.269 e. The van der Waals surface area contributed by atoms with E-state index in [4.69, 9.17) is 0 Å². The van der Waals surface area contributed by atoms with Crippen molar-refractivity contribution in [3.63, 3.8) is 0 Å². The average molecular weight is 482 g/mol. The maximum Gasteiger partial charge on any atom is 0.269 e. The zero-order chi connectivity index (χ0) is 24.6. The average Bonchev–Trinajstić information content (AvgIpc) is 3.14. The molecule has 0 spiro atoms. The number of nitrogens with zero attached hydrogens (tertiary/aromatic N) is 5. The molecule has 8 nitrogen and oxygen atoms in total. The highest BCUT2D eigenvalue weighted by molar-refractivity contribution is 5.95. The minimum atomic E-state index is -0.366. The van der Waals surface area contributed by atoms with Crippen LogP contribution in [0.4, 0.5) is 5.69 Å². The summed E-state index contributed by atoms with van der Waals surface area (Å²) in [6.07, 6.45) is 1.23. The van der Waals surface area contributed by atoms with E-state index < -0.39 is 0 Å². The zero-order valence-electron chi connectivity index (χ0n) is 19.8. The molecular formula is C28H27N5O3. The molecule has 1 saturated heterocycles. The van der Waals surface area contributed by atoms with Crippen molar-refractivity contribution in [2.45, 2.75) is 32.0 Å². The van der Waals surface area contributed by atoms with Crippen molar-refractivity contribution in [3.05, 3.63) is 94.4 Å². The van der Waals surface area contributed by atoms with E-state index in [1.54, 1.807) is 6.07 Å². The van der Waals surface area contributed by atoms with Crippen molar-refractivity contribution in [1.82, 2.24) is 14.0 Å². The summed E-state index contributed by atoms with van der Waals surface area (Å²) in [6, 6.07) is 22.6. The molecule has 1 amide bonds. The van der Waals surface area contributed by atoms with Gasteiger partial charge in [-0.2, -0.15) is 0 Å². The summed E-state index contributed by atoms with van der Waals surface area (Å²) < 4.78 is 3.76. The van der Waals surface area contributed by atoms with Crippen LogP contribution in [0.25, 0.3) is 10.9 Å². The summed E-state index contributed by atoms with van der Waals surface area (Å²) in [4.78, 5) is 27.1. The van der Waals surface area contributed by atoms with Gasteiger partial charge in [-0.05, 0) is 30.0 Å². The summed E-state index contributed by atoms with van der Waals surface area (Å²) in [6.45, 7) is 2.86. The quantitative estimate of drug-likeness (QED) is 0.427. The lowest BCUT2D eigenvalue weighted by Crippen LogP contribution is -2.47. The lowest BCUT2D eigenvalue weighted by molar-refractivity contribution is -0.117. The third kappa shape index (κ3) is 4.13. The molecule has 0 saturated carbocycles. The van der Waals surface area contributed by atoms with Crippen LogP contribution in [0.3, 0.4) is 0 Å². The van der Waals surface area contributed by atoms with Crippen LogP contribution < -0.4 is 5.56 Å². The molecular weight excluding hydrogens is 454 g/mol. The summed E-state index contributed by atoms with van der Waals surface area (Å²) in [7, 11) is 0. The van der Waals surface area contributed by atoms with Crippen molar-refractivity contribution in [2.24, 2.45) is 16.1 Å². The van der Waals surface area contributed by atoms with Gasteiger partial charge >= 0.3 is 0 Å². The van der Waals surface area contributed by atoms with Crippen molar-refractivity contribution < 1.29 is 9.90 Å². The van der Waals surface area contributed by atoms with Gasteiger partial charge in [-0.15, -0.1) is 10.2 Å². The molecule has 2 bridgehead atoms. The first kappa shape index (κ1) is 22.4. The van der Waals surface area contributed by atoms with Crippen molar-refractivity contribution in [1.29, 1.82) is 0 Å². The van der Waals surface area contributed by atoms with E-state index in [9.17, 15) is 14.7 Å². The highest BCUT2D eigenvalue weighted by atomic mass is 16.3. The Labute approximate surface area is 208 Å². The number of azo groups is 1. The highest BCUT2D eigenvalue weighted by Gasteiger charge is 2.35. The molecule has 1 N–H and O–H groups in total. The second-order valence-corrected chi connectivity index (χ2v) is 9.75.